The van der Waals surface area contributed by atoms with Crippen LogP contribution in [0.15, 0.2) is 24.3 Å². The molecule has 0 saturated heterocycles. The van der Waals surface area contributed by atoms with Crippen molar-refractivity contribution in [3.63, 3.8) is 0 Å². The van der Waals surface area contributed by atoms with Crippen molar-refractivity contribution in [3.05, 3.63) is 29.8 Å². The van der Waals surface area contributed by atoms with Crippen molar-refractivity contribution in [2.45, 2.75) is 51.0 Å². The van der Waals surface area contributed by atoms with Gasteiger partial charge in [0.1, 0.15) is 0 Å². The van der Waals surface area contributed by atoms with Gasteiger partial charge in [-0.3, -0.25) is 14.4 Å². The Kier molecular flexibility index (Phi) is 5.68. The van der Waals surface area contributed by atoms with Crippen LogP contribution in [0.4, 0.5) is 5.69 Å². The number of nitrogens with one attached hydrogen (secondary N) is 2. The Bertz CT molecular complexity index is 649. The molecule has 2 amide bonds. The molecule has 1 aromatic carbocycles. The number of benzene rings is 1. The number of rotatable bonds is 6. The molecule has 0 bridgehead atoms. The third-order valence-electron chi connectivity index (χ3n) is 4.64. The monoisotopic (exact) mass is 344 g/mol. The summed E-state index contributed by atoms with van der Waals surface area (Å²) in [4.78, 5) is 36.3. The van der Waals surface area contributed by atoms with Gasteiger partial charge in [-0.15, -0.1) is 0 Å². The molecule has 0 aromatic heterocycles. The van der Waals surface area contributed by atoms with Crippen molar-refractivity contribution in [1.82, 2.24) is 5.32 Å². The van der Waals surface area contributed by atoms with E-state index >= 15 is 0 Å². The highest BCUT2D eigenvalue weighted by molar-refractivity contribution is 6.04. The molecule has 2 fully saturated rings. The van der Waals surface area contributed by atoms with Gasteiger partial charge in [0.05, 0.1) is 17.2 Å². The third kappa shape index (κ3) is 5.05. The molecule has 1 aromatic rings. The Hall–Kier alpha value is -2.37. The van der Waals surface area contributed by atoms with Gasteiger partial charge in [0.15, 0.2) is 6.61 Å². The predicted octanol–water partition coefficient (Wildman–Crippen LogP) is 2.64. The van der Waals surface area contributed by atoms with E-state index in [1.54, 1.807) is 24.3 Å². The number of hydrogen-bond acceptors (Lipinski definition) is 4. The molecule has 0 spiro atoms. The van der Waals surface area contributed by atoms with Crippen molar-refractivity contribution in [1.29, 1.82) is 0 Å². The minimum Gasteiger partial charge on any atom is -0.455 e. The lowest BCUT2D eigenvalue weighted by Crippen LogP contribution is -2.28. The highest BCUT2D eigenvalue weighted by Crippen LogP contribution is 2.25. The first-order chi connectivity index (χ1) is 12.1. The summed E-state index contributed by atoms with van der Waals surface area (Å²) in [5.74, 6) is -1.01. The van der Waals surface area contributed by atoms with Crippen molar-refractivity contribution in [2.24, 2.45) is 5.92 Å². The highest BCUT2D eigenvalue weighted by Gasteiger charge is 2.25. The zero-order valence-electron chi connectivity index (χ0n) is 14.3. The van der Waals surface area contributed by atoms with Crippen LogP contribution in [-0.2, 0) is 14.3 Å². The fourth-order valence-corrected chi connectivity index (χ4v) is 3.06. The van der Waals surface area contributed by atoms with Crippen LogP contribution in [0.5, 0.6) is 0 Å². The zero-order chi connectivity index (χ0) is 17.6. The molecule has 25 heavy (non-hydrogen) atoms. The third-order valence-corrected chi connectivity index (χ3v) is 4.64. The lowest BCUT2D eigenvalue weighted by atomic mass is 9.89. The average molecular weight is 344 g/mol. The largest absolute Gasteiger partial charge is 0.455 e. The van der Waals surface area contributed by atoms with Crippen LogP contribution in [0.2, 0.25) is 0 Å². The first-order valence-corrected chi connectivity index (χ1v) is 9.00. The predicted molar refractivity (Wildman–Crippen MR) is 93.1 cm³/mol. The Balaban J connectivity index is 1.52. The van der Waals surface area contributed by atoms with E-state index in [9.17, 15) is 14.4 Å². The van der Waals surface area contributed by atoms with E-state index < -0.39 is 5.91 Å². The second-order valence-electron chi connectivity index (χ2n) is 6.78. The second-order valence-corrected chi connectivity index (χ2v) is 6.78. The summed E-state index contributed by atoms with van der Waals surface area (Å²) in [6.45, 7) is -0.325. The number of carbonyl (C=O) groups is 3. The molecular weight excluding hydrogens is 320 g/mol. The Morgan fingerprint density at radius 1 is 1.00 bits per heavy atom. The van der Waals surface area contributed by atoms with Gasteiger partial charge in [0.25, 0.3) is 11.8 Å². The van der Waals surface area contributed by atoms with Gasteiger partial charge in [-0.05, 0) is 37.8 Å². The van der Waals surface area contributed by atoms with Gasteiger partial charge in [-0.25, -0.2) is 0 Å². The molecule has 2 aliphatic carbocycles. The maximum Gasteiger partial charge on any atom is 0.309 e. The fourth-order valence-electron chi connectivity index (χ4n) is 3.06. The summed E-state index contributed by atoms with van der Waals surface area (Å²) < 4.78 is 5.14. The van der Waals surface area contributed by atoms with Gasteiger partial charge < -0.3 is 15.4 Å². The van der Waals surface area contributed by atoms with Gasteiger partial charge in [0, 0.05) is 6.04 Å². The molecule has 0 heterocycles. The number of amides is 2. The number of para-hydroxylation sites is 1. The van der Waals surface area contributed by atoms with Crippen molar-refractivity contribution < 1.29 is 19.1 Å². The second kappa shape index (κ2) is 8.14. The average Bonchev–Trinajstić information content (AvgIpc) is 3.45. The fraction of sp³-hybridized carbons (Fsp3) is 0.526. The lowest BCUT2D eigenvalue weighted by Gasteiger charge is -2.19. The first-order valence-electron chi connectivity index (χ1n) is 9.00. The summed E-state index contributed by atoms with van der Waals surface area (Å²) in [5.41, 5.74) is 0.848. The SMILES string of the molecule is O=C(COC(=O)C1CCCCC1)Nc1ccccc1C(=O)NC1CC1. The summed E-state index contributed by atoms with van der Waals surface area (Å²) in [6, 6.07) is 7.08. The van der Waals surface area contributed by atoms with E-state index in [0.29, 0.717) is 11.3 Å². The minimum absolute atomic E-state index is 0.0850. The van der Waals surface area contributed by atoms with Gasteiger partial charge in [-0.1, -0.05) is 31.4 Å². The molecule has 6 nitrogen and oxygen atoms in total. The van der Waals surface area contributed by atoms with Crippen LogP contribution in [0, 0.1) is 5.92 Å². The molecule has 0 unspecified atom stereocenters. The van der Waals surface area contributed by atoms with Crippen LogP contribution in [0.3, 0.4) is 0 Å². The Morgan fingerprint density at radius 2 is 1.72 bits per heavy atom. The molecule has 134 valence electrons. The molecule has 2 saturated carbocycles. The molecule has 6 heteroatoms. The van der Waals surface area contributed by atoms with Crippen LogP contribution in [0.25, 0.3) is 0 Å². The lowest BCUT2D eigenvalue weighted by molar-refractivity contribution is -0.152. The van der Waals surface area contributed by atoms with E-state index in [-0.39, 0.29) is 30.4 Å². The number of ether oxygens (including phenoxy) is 1. The topological polar surface area (TPSA) is 84.5 Å². The van der Waals surface area contributed by atoms with Gasteiger partial charge in [0.2, 0.25) is 0 Å². The smallest absolute Gasteiger partial charge is 0.309 e. The molecule has 0 radical (unpaired) electrons. The van der Waals surface area contributed by atoms with Crippen molar-refractivity contribution in [2.75, 3.05) is 11.9 Å². The Labute approximate surface area is 147 Å². The van der Waals surface area contributed by atoms with Crippen LogP contribution < -0.4 is 10.6 Å². The standard InChI is InChI=1S/C19H24N2O4/c22-17(12-25-19(24)13-6-2-1-3-7-13)21-16-9-5-4-8-15(16)18(23)20-14-10-11-14/h4-5,8-9,13-14H,1-3,6-7,10-12H2,(H,20,23)(H,21,22). The zero-order valence-corrected chi connectivity index (χ0v) is 14.3. The van der Waals surface area contributed by atoms with E-state index in [1.165, 1.54) is 0 Å². The molecule has 3 rings (SSSR count). The van der Waals surface area contributed by atoms with Gasteiger partial charge >= 0.3 is 5.97 Å². The summed E-state index contributed by atoms with van der Waals surface area (Å²) in [6.07, 6.45) is 6.90. The highest BCUT2D eigenvalue weighted by atomic mass is 16.5. The number of anilines is 1. The van der Waals surface area contributed by atoms with Crippen LogP contribution in [0.1, 0.15) is 55.3 Å². The normalized spacial score (nSPS) is 17.6. The molecule has 2 N–H and O–H groups in total. The van der Waals surface area contributed by atoms with Crippen molar-refractivity contribution in [3.8, 4) is 0 Å². The minimum atomic E-state index is -0.434. The van der Waals surface area contributed by atoms with E-state index in [2.05, 4.69) is 10.6 Å². The van der Waals surface area contributed by atoms with E-state index in [4.69, 9.17) is 4.74 Å². The molecule has 2 aliphatic rings. The number of esters is 1. The summed E-state index contributed by atoms with van der Waals surface area (Å²) in [7, 11) is 0. The number of carbonyl (C=O) groups excluding carboxylic acids is 3. The van der Waals surface area contributed by atoms with Gasteiger partial charge in [-0.2, -0.15) is 0 Å². The first kappa shape index (κ1) is 17.5. The maximum atomic E-state index is 12.2. The van der Waals surface area contributed by atoms with Crippen LogP contribution >= 0.6 is 0 Å². The van der Waals surface area contributed by atoms with Crippen LogP contribution in [-0.4, -0.2) is 30.4 Å². The summed E-state index contributed by atoms with van der Waals surface area (Å²) >= 11 is 0. The number of hydrogen-bond donors (Lipinski definition) is 2. The quantitative estimate of drug-likeness (QED) is 0.777. The van der Waals surface area contributed by atoms with Crippen molar-refractivity contribution >= 4 is 23.5 Å². The maximum absolute atomic E-state index is 12.2. The van der Waals surface area contributed by atoms with E-state index in [0.717, 1.165) is 44.9 Å². The van der Waals surface area contributed by atoms with E-state index in [1.807, 2.05) is 0 Å². The molecule has 0 atom stereocenters. The summed E-state index contributed by atoms with van der Waals surface area (Å²) in [5, 5.41) is 5.57. The molecule has 0 aliphatic heterocycles. The Morgan fingerprint density at radius 3 is 2.44 bits per heavy atom. The molecular formula is C19H24N2O4.